The van der Waals surface area contributed by atoms with Crippen molar-refractivity contribution in [1.82, 2.24) is 4.90 Å². The number of esters is 1. The summed E-state index contributed by atoms with van der Waals surface area (Å²) >= 11 is 0. The number of carbonyl (C=O) groups excluding carboxylic acids is 1. The van der Waals surface area contributed by atoms with Gasteiger partial charge < -0.3 is 14.2 Å². The van der Waals surface area contributed by atoms with Crippen LogP contribution in [0.3, 0.4) is 0 Å². The van der Waals surface area contributed by atoms with Crippen molar-refractivity contribution in [2.45, 2.75) is 6.42 Å². The molecule has 0 bridgehead atoms. The smallest absolute Gasteiger partial charge is 0.309 e. The molecule has 5 heteroatoms. The lowest BCUT2D eigenvalue weighted by Gasteiger charge is -2.26. The normalized spacial score (nSPS) is 14.8. The van der Waals surface area contributed by atoms with Gasteiger partial charge in [0, 0.05) is 19.6 Å². The Morgan fingerprint density at radius 2 is 1.62 bits per heavy atom. The van der Waals surface area contributed by atoms with Crippen LogP contribution in [0.5, 0.6) is 5.75 Å². The highest BCUT2D eigenvalue weighted by molar-refractivity contribution is 5.73. The molecular formula is C21H25NO4. The molecule has 5 nitrogen and oxygen atoms in total. The van der Waals surface area contributed by atoms with Crippen LogP contribution in [-0.4, -0.2) is 57.4 Å². The van der Waals surface area contributed by atoms with Crippen molar-refractivity contribution in [2.24, 2.45) is 0 Å². The van der Waals surface area contributed by atoms with E-state index >= 15 is 0 Å². The van der Waals surface area contributed by atoms with Crippen molar-refractivity contribution in [3.63, 3.8) is 0 Å². The quantitative estimate of drug-likeness (QED) is 0.715. The molecular weight excluding hydrogens is 330 g/mol. The summed E-state index contributed by atoms with van der Waals surface area (Å²) in [7, 11) is 1.40. The van der Waals surface area contributed by atoms with Gasteiger partial charge in [0.1, 0.15) is 12.4 Å². The molecule has 0 aliphatic carbocycles. The molecule has 0 atom stereocenters. The first-order valence-corrected chi connectivity index (χ1v) is 8.94. The lowest BCUT2D eigenvalue weighted by atomic mass is 10.0. The summed E-state index contributed by atoms with van der Waals surface area (Å²) in [6.07, 6.45) is 0.298. The Balaban J connectivity index is 1.51. The van der Waals surface area contributed by atoms with Crippen LogP contribution in [-0.2, 0) is 20.7 Å². The second-order valence-corrected chi connectivity index (χ2v) is 6.28. The highest BCUT2D eigenvalue weighted by Gasteiger charge is 2.09. The summed E-state index contributed by atoms with van der Waals surface area (Å²) in [5, 5.41) is 0. The monoisotopic (exact) mass is 355 g/mol. The number of ether oxygens (including phenoxy) is 3. The largest absolute Gasteiger partial charge is 0.492 e. The number of methoxy groups -OCH3 is 1. The maximum Gasteiger partial charge on any atom is 0.309 e. The van der Waals surface area contributed by atoms with Crippen LogP contribution in [0, 0.1) is 0 Å². The zero-order valence-corrected chi connectivity index (χ0v) is 15.1. The van der Waals surface area contributed by atoms with Crippen molar-refractivity contribution in [1.29, 1.82) is 0 Å². The minimum atomic E-state index is -0.226. The van der Waals surface area contributed by atoms with E-state index in [2.05, 4.69) is 17.0 Å². The van der Waals surface area contributed by atoms with Gasteiger partial charge in [-0.05, 0) is 28.8 Å². The average molecular weight is 355 g/mol. The molecule has 0 unspecified atom stereocenters. The second-order valence-electron chi connectivity index (χ2n) is 6.28. The Hall–Kier alpha value is -2.37. The lowest BCUT2D eigenvalue weighted by Crippen LogP contribution is -2.38. The third-order valence-electron chi connectivity index (χ3n) is 4.50. The Morgan fingerprint density at radius 1 is 1.00 bits per heavy atom. The summed E-state index contributed by atoms with van der Waals surface area (Å²) in [4.78, 5) is 13.7. The van der Waals surface area contributed by atoms with Crippen molar-refractivity contribution >= 4 is 5.97 Å². The number of nitrogens with zero attached hydrogens (tertiary/aromatic N) is 1. The number of hydrogen-bond acceptors (Lipinski definition) is 5. The summed E-state index contributed by atoms with van der Waals surface area (Å²) in [5.74, 6) is 0.653. The van der Waals surface area contributed by atoms with Gasteiger partial charge in [0.25, 0.3) is 0 Å². The van der Waals surface area contributed by atoms with Crippen molar-refractivity contribution < 1.29 is 19.0 Å². The molecule has 1 heterocycles. The molecule has 0 spiro atoms. The Morgan fingerprint density at radius 3 is 2.23 bits per heavy atom. The van der Waals surface area contributed by atoms with Gasteiger partial charge in [-0.25, -0.2) is 0 Å². The van der Waals surface area contributed by atoms with Gasteiger partial charge in [-0.3, -0.25) is 9.69 Å². The summed E-state index contributed by atoms with van der Waals surface area (Å²) < 4.78 is 15.9. The first kappa shape index (κ1) is 18.4. The van der Waals surface area contributed by atoms with Crippen molar-refractivity contribution in [3.8, 4) is 16.9 Å². The zero-order chi connectivity index (χ0) is 18.2. The number of carbonyl (C=O) groups is 1. The Labute approximate surface area is 154 Å². The minimum absolute atomic E-state index is 0.226. The van der Waals surface area contributed by atoms with Crippen molar-refractivity contribution in [3.05, 3.63) is 54.1 Å². The first-order valence-electron chi connectivity index (χ1n) is 8.94. The summed E-state index contributed by atoms with van der Waals surface area (Å²) in [6.45, 7) is 5.19. The van der Waals surface area contributed by atoms with Gasteiger partial charge in [0.15, 0.2) is 0 Å². The average Bonchev–Trinajstić information content (AvgIpc) is 2.70. The fraction of sp³-hybridized carbons (Fsp3) is 0.381. The van der Waals surface area contributed by atoms with E-state index in [1.54, 1.807) is 0 Å². The number of rotatable bonds is 7. The predicted octanol–water partition coefficient (Wildman–Crippen LogP) is 2.78. The first-order chi connectivity index (χ1) is 12.7. The Bertz CT molecular complexity index is 691. The zero-order valence-electron chi connectivity index (χ0n) is 15.1. The maximum absolute atomic E-state index is 11.3. The van der Waals surface area contributed by atoms with Crippen LogP contribution in [0.4, 0.5) is 0 Å². The molecule has 1 fully saturated rings. The van der Waals surface area contributed by atoms with E-state index in [9.17, 15) is 4.79 Å². The summed E-state index contributed by atoms with van der Waals surface area (Å²) in [5.41, 5.74) is 3.18. The molecule has 138 valence electrons. The van der Waals surface area contributed by atoms with Gasteiger partial charge >= 0.3 is 5.97 Å². The van der Waals surface area contributed by atoms with E-state index in [4.69, 9.17) is 14.2 Å². The van der Waals surface area contributed by atoms with E-state index < -0.39 is 0 Å². The third-order valence-corrected chi connectivity index (χ3v) is 4.50. The lowest BCUT2D eigenvalue weighted by molar-refractivity contribution is -0.139. The van der Waals surface area contributed by atoms with Crippen molar-refractivity contribution in [2.75, 3.05) is 46.6 Å². The molecule has 2 aromatic carbocycles. The van der Waals surface area contributed by atoms with Gasteiger partial charge in [-0.15, -0.1) is 0 Å². The highest BCUT2D eigenvalue weighted by atomic mass is 16.5. The SMILES string of the molecule is COC(=O)Cc1ccc(-c2ccc(OCCN3CCOCC3)cc2)cc1. The van der Waals surface area contributed by atoms with E-state index in [1.165, 1.54) is 7.11 Å². The number of morpholine rings is 1. The molecule has 0 amide bonds. The molecule has 1 aliphatic heterocycles. The van der Waals surface area contributed by atoms with Gasteiger partial charge in [0.2, 0.25) is 0 Å². The van der Waals surface area contributed by atoms with E-state index in [0.29, 0.717) is 13.0 Å². The third kappa shape index (κ3) is 5.31. The predicted molar refractivity (Wildman–Crippen MR) is 100 cm³/mol. The molecule has 1 aliphatic rings. The van der Waals surface area contributed by atoms with Gasteiger partial charge in [-0.1, -0.05) is 36.4 Å². The maximum atomic E-state index is 11.3. The second kappa shape index (κ2) is 9.36. The molecule has 26 heavy (non-hydrogen) atoms. The molecule has 0 radical (unpaired) electrons. The minimum Gasteiger partial charge on any atom is -0.492 e. The molecule has 0 aromatic heterocycles. The molecule has 2 aromatic rings. The van der Waals surface area contributed by atoms with Gasteiger partial charge in [-0.2, -0.15) is 0 Å². The molecule has 3 rings (SSSR count). The highest BCUT2D eigenvalue weighted by Crippen LogP contribution is 2.23. The fourth-order valence-corrected chi connectivity index (χ4v) is 2.91. The van der Waals surface area contributed by atoms with E-state index in [-0.39, 0.29) is 5.97 Å². The number of benzene rings is 2. The van der Waals surface area contributed by atoms with Crippen LogP contribution in [0.25, 0.3) is 11.1 Å². The van der Waals surface area contributed by atoms with Gasteiger partial charge in [0.05, 0.1) is 26.7 Å². The van der Waals surface area contributed by atoms with Crippen LogP contribution < -0.4 is 4.74 Å². The fourth-order valence-electron chi connectivity index (χ4n) is 2.91. The Kier molecular flexibility index (Phi) is 6.63. The standard InChI is InChI=1S/C21H25NO4/c1-24-21(23)16-17-2-4-18(5-3-17)19-6-8-20(9-7-19)26-15-12-22-10-13-25-14-11-22/h2-9H,10-16H2,1H3. The summed E-state index contributed by atoms with van der Waals surface area (Å²) in [6, 6.07) is 16.1. The van der Waals surface area contributed by atoms with E-state index in [0.717, 1.165) is 55.3 Å². The van der Waals surface area contributed by atoms with Crippen LogP contribution in [0.2, 0.25) is 0 Å². The topological polar surface area (TPSA) is 48.0 Å². The van der Waals surface area contributed by atoms with Crippen LogP contribution in [0.1, 0.15) is 5.56 Å². The van der Waals surface area contributed by atoms with Crippen LogP contribution >= 0.6 is 0 Å². The molecule has 1 saturated heterocycles. The molecule has 0 saturated carbocycles. The number of hydrogen-bond donors (Lipinski definition) is 0. The van der Waals surface area contributed by atoms with E-state index in [1.807, 2.05) is 36.4 Å². The molecule has 0 N–H and O–H groups in total. The van der Waals surface area contributed by atoms with Crippen LogP contribution in [0.15, 0.2) is 48.5 Å².